The Morgan fingerprint density at radius 2 is 2.41 bits per heavy atom. The van der Waals surface area contributed by atoms with Gasteiger partial charge in [0.25, 0.3) is 0 Å². The lowest BCUT2D eigenvalue weighted by atomic mass is 9.95. The molecule has 0 radical (unpaired) electrons. The maximum atomic E-state index is 5.83. The van der Waals surface area contributed by atoms with Crippen LogP contribution in [0.2, 0.25) is 0 Å². The summed E-state index contributed by atoms with van der Waals surface area (Å²) in [7, 11) is 0. The Morgan fingerprint density at radius 1 is 1.53 bits per heavy atom. The van der Waals surface area contributed by atoms with Crippen molar-refractivity contribution in [1.82, 2.24) is 19.7 Å². The summed E-state index contributed by atoms with van der Waals surface area (Å²) in [5.74, 6) is 2.63. The second-order valence-electron chi connectivity index (χ2n) is 4.71. The van der Waals surface area contributed by atoms with Crippen LogP contribution in [-0.2, 0) is 13.1 Å². The van der Waals surface area contributed by atoms with Crippen LogP contribution in [0.15, 0.2) is 6.33 Å². The Hall–Kier alpha value is -0.610. The molecular weight excluding hydrogens is 236 g/mol. The van der Waals surface area contributed by atoms with E-state index in [0.29, 0.717) is 0 Å². The van der Waals surface area contributed by atoms with Gasteiger partial charge in [-0.3, -0.25) is 4.90 Å². The maximum Gasteiger partial charge on any atom is 0.140 e. The van der Waals surface area contributed by atoms with Crippen LogP contribution in [0.1, 0.15) is 32.0 Å². The average molecular weight is 257 g/mol. The van der Waals surface area contributed by atoms with Crippen molar-refractivity contribution in [1.29, 1.82) is 0 Å². The maximum absolute atomic E-state index is 5.83. The van der Waals surface area contributed by atoms with Crippen LogP contribution in [0, 0.1) is 5.92 Å². The third kappa shape index (κ3) is 3.42. The minimum Gasteiger partial charge on any atom is -0.296 e. The third-order valence-corrected chi connectivity index (χ3v) is 3.70. The quantitative estimate of drug-likeness (QED) is 0.757. The SMILES string of the molecule is CCn1ncnc1CN1CCCC(CCCl)C1. The second kappa shape index (κ2) is 6.36. The lowest BCUT2D eigenvalue weighted by molar-refractivity contribution is 0.159. The normalized spacial score (nSPS) is 21.9. The molecule has 1 aromatic heterocycles. The topological polar surface area (TPSA) is 34.0 Å². The number of aryl methyl sites for hydroxylation is 1. The van der Waals surface area contributed by atoms with Crippen molar-refractivity contribution in [2.24, 2.45) is 5.92 Å². The summed E-state index contributed by atoms with van der Waals surface area (Å²) in [6, 6.07) is 0. The highest BCUT2D eigenvalue weighted by Gasteiger charge is 2.20. The van der Waals surface area contributed by atoms with Crippen molar-refractivity contribution in [2.75, 3.05) is 19.0 Å². The molecule has 1 aliphatic rings. The fourth-order valence-electron chi connectivity index (χ4n) is 2.56. The largest absolute Gasteiger partial charge is 0.296 e. The molecule has 1 aromatic rings. The van der Waals surface area contributed by atoms with Crippen molar-refractivity contribution < 1.29 is 0 Å². The van der Waals surface area contributed by atoms with Crippen LogP contribution >= 0.6 is 11.6 Å². The van der Waals surface area contributed by atoms with Gasteiger partial charge in [-0.25, -0.2) is 9.67 Å². The summed E-state index contributed by atoms with van der Waals surface area (Å²) < 4.78 is 1.98. The molecule has 2 rings (SSSR count). The molecule has 17 heavy (non-hydrogen) atoms. The van der Waals surface area contributed by atoms with E-state index in [1.54, 1.807) is 6.33 Å². The summed E-state index contributed by atoms with van der Waals surface area (Å²) in [6.45, 7) is 6.25. The van der Waals surface area contributed by atoms with Crippen molar-refractivity contribution in [3.63, 3.8) is 0 Å². The van der Waals surface area contributed by atoms with Crippen LogP contribution in [0.25, 0.3) is 0 Å². The average Bonchev–Trinajstić information content (AvgIpc) is 2.77. The molecule has 2 heterocycles. The van der Waals surface area contributed by atoms with E-state index in [1.807, 2.05) is 4.68 Å². The Kier molecular flexibility index (Phi) is 4.80. The van der Waals surface area contributed by atoms with Gasteiger partial charge >= 0.3 is 0 Å². The fraction of sp³-hybridized carbons (Fsp3) is 0.833. The molecular formula is C12H21ClN4. The van der Waals surface area contributed by atoms with E-state index in [0.717, 1.165) is 43.7 Å². The first-order valence-electron chi connectivity index (χ1n) is 6.48. The highest BCUT2D eigenvalue weighted by atomic mass is 35.5. The standard InChI is InChI=1S/C12H21ClN4/c1-2-17-12(14-10-15-17)9-16-7-3-4-11(8-16)5-6-13/h10-11H,2-9H2,1H3. The van der Waals surface area contributed by atoms with Crippen LogP contribution in [0.3, 0.4) is 0 Å². The number of aromatic nitrogens is 3. The summed E-state index contributed by atoms with van der Waals surface area (Å²) >= 11 is 5.83. The molecule has 1 aliphatic heterocycles. The van der Waals surface area contributed by atoms with Gasteiger partial charge in [0.15, 0.2) is 0 Å². The minimum atomic E-state index is 0.763. The Balaban J connectivity index is 1.90. The van der Waals surface area contributed by atoms with E-state index >= 15 is 0 Å². The molecule has 4 nitrogen and oxygen atoms in total. The number of hydrogen-bond acceptors (Lipinski definition) is 3. The van der Waals surface area contributed by atoms with Gasteiger partial charge < -0.3 is 0 Å². The summed E-state index contributed by atoms with van der Waals surface area (Å²) in [5.41, 5.74) is 0. The molecule has 0 saturated carbocycles. The molecule has 96 valence electrons. The lowest BCUT2D eigenvalue weighted by Crippen LogP contribution is -2.35. The molecule has 0 bridgehead atoms. The van der Waals surface area contributed by atoms with Gasteiger partial charge in [-0.1, -0.05) is 0 Å². The minimum absolute atomic E-state index is 0.763. The number of nitrogens with zero attached hydrogens (tertiary/aromatic N) is 4. The smallest absolute Gasteiger partial charge is 0.140 e. The van der Waals surface area contributed by atoms with Crippen LogP contribution in [-0.4, -0.2) is 38.6 Å². The predicted molar refractivity (Wildman–Crippen MR) is 69.0 cm³/mol. The van der Waals surface area contributed by atoms with Crippen molar-refractivity contribution in [3.8, 4) is 0 Å². The van der Waals surface area contributed by atoms with Crippen LogP contribution < -0.4 is 0 Å². The molecule has 1 atom stereocenters. The zero-order chi connectivity index (χ0) is 12.1. The number of halogens is 1. The Morgan fingerprint density at radius 3 is 3.18 bits per heavy atom. The second-order valence-corrected chi connectivity index (χ2v) is 5.09. The first kappa shape index (κ1) is 12.8. The molecule has 0 amide bonds. The van der Waals surface area contributed by atoms with E-state index in [9.17, 15) is 0 Å². The summed E-state index contributed by atoms with van der Waals surface area (Å²) in [5, 5.41) is 4.21. The molecule has 1 saturated heterocycles. The highest BCUT2D eigenvalue weighted by Crippen LogP contribution is 2.21. The Labute approximate surface area is 108 Å². The molecule has 1 unspecified atom stereocenters. The lowest BCUT2D eigenvalue weighted by Gasteiger charge is -2.32. The summed E-state index contributed by atoms with van der Waals surface area (Å²) in [6.07, 6.45) is 5.39. The molecule has 0 aromatic carbocycles. The van der Waals surface area contributed by atoms with Crippen LogP contribution in [0.5, 0.6) is 0 Å². The number of hydrogen-bond donors (Lipinski definition) is 0. The molecule has 1 fully saturated rings. The van der Waals surface area contributed by atoms with Gasteiger partial charge in [0.2, 0.25) is 0 Å². The van der Waals surface area contributed by atoms with Gasteiger partial charge in [0.05, 0.1) is 6.54 Å². The van der Waals surface area contributed by atoms with E-state index < -0.39 is 0 Å². The van der Waals surface area contributed by atoms with Gasteiger partial charge in [0.1, 0.15) is 12.2 Å². The number of alkyl halides is 1. The van der Waals surface area contributed by atoms with Crippen LogP contribution in [0.4, 0.5) is 0 Å². The van der Waals surface area contributed by atoms with Crippen molar-refractivity contribution >= 4 is 11.6 Å². The molecule has 5 heteroatoms. The van der Waals surface area contributed by atoms with Gasteiger partial charge in [-0.15, -0.1) is 11.6 Å². The van der Waals surface area contributed by atoms with E-state index in [2.05, 4.69) is 21.9 Å². The summed E-state index contributed by atoms with van der Waals surface area (Å²) in [4.78, 5) is 6.82. The molecule has 0 aliphatic carbocycles. The molecule has 0 spiro atoms. The number of piperidine rings is 1. The number of rotatable bonds is 5. The zero-order valence-corrected chi connectivity index (χ0v) is 11.2. The van der Waals surface area contributed by atoms with Gasteiger partial charge in [-0.2, -0.15) is 5.10 Å². The highest BCUT2D eigenvalue weighted by molar-refractivity contribution is 6.17. The zero-order valence-electron chi connectivity index (χ0n) is 10.5. The fourth-order valence-corrected chi connectivity index (χ4v) is 2.87. The predicted octanol–water partition coefficient (Wildman–Crippen LogP) is 2.14. The Bertz CT molecular complexity index is 337. The van der Waals surface area contributed by atoms with E-state index in [-0.39, 0.29) is 0 Å². The first-order valence-corrected chi connectivity index (χ1v) is 7.02. The number of likely N-dealkylation sites (tertiary alicyclic amines) is 1. The van der Waals surface area contributed by atoms with Crippen molar-refractivity contribution in [3.05, 3.63) is 12.2 Å². The van der Waals surface area contributed by atoms with Gasteiger partial charge in [0, 0.05) is 19.0 Å². The monoisotopic (exact) mass is 256 g/mol. The van der Waals surface area contributed by atoms with Gasteiger partial charge in [-0.05, 0) is 38.6 Å². The third-order valence-electron chi connectivity index (χ3n) is 3.48. The van der Waals surface area contributed by atoms with E-state index in [1.165, 1.54) is 19.4 Å². The van der Waals surface area contributed by atoms with Crippen molar-refractivity contribution in [2.45, 2.75) is 39.3 Å². The molecule has 0 N–H and O–H groups in total. The first-order chi connectivity index (χ1) is 8.33. The van der Waals surface area contributed by atoms with E-state index in [4.69, 9.17) is 11.6 Å².